The van der Waals surface area contributed by atoms with Crippen LogP contribution >= 0.6 is 0 Å². The molecule has 1 aliphatic carbocycles. The Morgan fingerprint density at radius 1 is 1.11 bits per heavy atom. The Kier molecular flexibility index (Phi) is 7.09. The summed E-state index contributed by atoms with van der Waals surface area (Å²) in [6.45, 7) is 2.20. The average Bonchev–Trinajstić information content (AvgIpc) is 3.57. The molecule has 1 aliphatic rings. The summed E-state index contributed by atoms with van der Waals surface area (Å²) in [6, 6.07) is 18.4. The lowest BCUT2D eigenvalue weighted by molar-refractivity contribution is 0.216. The fraction of sp³-hybridized carbons (Fsp3) is 0.370. The highest BCUT2D eigenvalue weighted by atomic mass is 16.5. The lowest BCUT2D eigenvalue weighted by Gasteiger charge is -2.23. The van der Waals surface area contributed by atoms with E-state index >= 15 is 0 Å². The Labute approximate surface area is 205 Å². The molecule has 2 N–H and O–H groups in total. The Hall–Kier alpha value is -3.65. The highest BCUT2D eigenvalue weighted by Crippen LogP contribution is 2.23. The lowest BCUT2D eigenvalue weighted by atomic mass is 10.2. The summed E-state index contributed by atoms with van der Waals surface area (Å²) in [5, 5.41) is 8.06. The molecule has 1 saturated carbocycles. The molecule has 35 heavy (non-hydrogen) atoms. The normalized spacial score (nSPS) is 14.1. The van der Waals surface area contributed by atoms with E-state index in [0.717, 1.165) is 36.0 Å². The number of para-hydroxylation sites is 2. The van der Waals surface area contributed by atoms with E-state index in [4.69, 9.17) is 4.74 Å². The highest BCUT2D eigenvalue weighted by Gasteiger charge is 2.19. The minimum Gasteiger partial charge on any atom is -0.493 e. The minimum absolute atomic E-state index is 0.226. The first kappa shape index (κ1) is 23.1. The van der Waals surface area contributed by atoms with Gasteiger partial charge in [-0.2, -0.15) is 10.1 Å². The van der Waals surface area contributed by atoms with E-state index < -0.39 is 0 Å². The summed E-state index contributed by atoms with van der Waals surface area (Å²) in [5.41, 5.74) is 2.15. The second-order valence-electron chi connectivity index (χ2n) is 9.13. The third-order valence-electron chi connectivity index (χ3n) is 6.72. The number of anilines is 1. The van der Waals surface area contributed by atoms with Crippen molar-refractivity contribution in [3.63, 3.8) is 0 Å². The van der Waals surface area contributed by atoms with Crippen LogP contribution in [0.1, 0.15) is 37.7 Å². The largest absolute Gasteiger partial charge is 0.493 e. The van der Waals surface area contributed by atoms with Crippen LogP contribution in [0, 0.1) is 0 Å². The average molecular weight is 473 g/mol. The molecule has 0 radical (unpaired) electrons. The van der Waals surface area contributed by atoms with Crippen LogP contribution in [0.4, 0.5) is 5.95 Å². The van der Waals surface area contributed by atoms with Gasteiger partial charge in [0.2, 0.25) is 5.95 Å². The Bertz CT molecular complexity index is 1310. The summed E-state index contributed by atoms with van der Waals surface area (Å²) >= 11 is 0. The van der Waals surface area contributed by atoms with Gasteiger partial charge in [0.1, 0.15) is 11.1 Å². The van der Waals surface area contributed by atoms with Gasteiger partial charge >= 0.3 is 0 Å². The number of hydrogen-bond donors (Lipinski definition) is 2. The number of aromatic amines is 1. The summed E-state index contributed by atoms with van der Waals surface area (Å²) in [4.78, 5) is 22.6. The summed E-state index contributed by atoms with van der Waals surface area (Å²) in [7, 11) is 2.22. The maximum Gasteiger partial charge on any atom is 0.263 e. The van der Waals surface area contributed by atoms with Gasteiger partial charge in [0, 0.05) is 24.7 Å². The first-order valence-corrected chi connectivity index (χ1v) is 12.4. The van der Waals surface area contributed by atoms with E-state index in [9.17, 15) is 4.79 Å². The molecule has 4 aromatic rings. The van der Waals surface area contributed by atoms with E-state index in [1.807, 2.05) is 54.6 Å². The molecule has 0 spiro atoms. The molecule has 8 heteroatoms. The van der Waals surface area contributed by atoms with Crippen LogP contribution in [0.15, 0.2) is 65.6 Å². The van der Waals surface area contributed by atoms with Crippen LogP contribution in [0.2, 0.25) is 0 Å². The summed E-state index contributed by atoms with van der Waals surface area (Å²) in [6.07, 6.45) is 7.88. The van der Waals surface area contributed by atoms with Crippen molar-refractivity contribution in [2.75, 3.05) is 25.5 Å². The van der Waals surface area contributed by atoms with Crippen LogP contribution in [0.3, 0.4) is 0 Å². The van der Waals surface area contributed by atoms with Gasteiger partial charge in [-0.25, -0.2) is 4.68 Å². The van der Waals surface area contributed by atoms with Crippen molar-refractivity contribution in [1.82, 2.24) is 24.6 Å². The molecule has 1 fully saturated rings. The SMILES string of the molecule is CN(CCCOc1ccccc1CNc1nc2c(cnn2-c2ccccc2)c(=O)[nH]1)C1CCCC1. The van der Waals surface area contributed by atoms with Crippen LogP contribution in [-0.2, 0) is 6.54 Å². The van der Waals surface area contributed by atoms with Crippen LogP contribution in [-0.4, -0.2) is 50.9 Å². The monoisotopic (exact) mass is 472 g/mol. The fourth-order valence-corrected chi connectivity index (χ4v) is 4.75. The van der Waals surface area contributed by atoms with Crippen molar-refractivity contribution in [1.29, 1.82) is 0 Å². The third kappa shape index (κ3) is 5.38. The molecule has 2 aromatic carbocycles. The zero-order valence-corrected chi connectivity index (χ0v) is 20.1. The lowest BCUT2D eigenvalue weighted by Crippen LogP contribution is -2.30. The van der Waals surface area contributed by atoms with Gasteiger partial charge in [0.25, 0.3) is 5.56 Å². The molecule has 182 valence electrons. The molecule has 0 atom stereocenters. The van der Waals surface area contributed by atoms with Crippen molar-refractivity contribution in [2.24, 2.45) is 0 Å². The molecule has 5 rings (SSSR count). The molecular weight excluding hydrogens is 440 g/mol. The number of nitrogens with zero attached hydrogens (tertiary/aromatic N) is 4. The number of H-pyrrole nitrogens is 1. The molecule has 0 amide bonds. The molecule has 0 bridgehead atoms. The standard InChI is InChI=1S/C27H32N6O2/c1-32(21-11-6-7-12-21)16-9-17-35-24-15-8-5-10-20(24)18-28-27-30-25-23(26(34)31-27)19-29-33(25)22-13-3-2-4-14-22/h2-5,8,10,13-15,19,21H,6-7,9,11-12,16-18H2,1H3,(H2,28,30,31,34). The quantitative estimate of drug-likeness (QED) is 0.333. The molecule has 0 aliphatic heterocycles. The molecule has 0 unspecified atom stereocenters. The number of benzene rings is 2. The van der Waals surface area contributed by atoms with E-state index in [1.165, 1.54) is 25.7 Å². The van der Waals surface area contributed by atoms with Crippen molar-refractivity contribution >= 4 is 17.0 Å². The molecule has 0 saturated heterocycles. The van der Waals surface area contributed by atoms with E-state index in [0.29, 0.717) is 30.1 Å². The van der Waals surface area contributed by atoms with Crippen molar-refractivity contribution in [2.45, 2.75) is 44.7 Å². The maximum absolute atomic E-state index is 12.6. The van der Waals surface area contributed by atoms with Gasteiger partial charge in [0.05, 0.1) is 18.5 Å². The Morgan fingerprint density at radius 2 is 1.89 bits per heavy atom. The van der Waals surface area contributed by atoms with Gasteiger partial charge in [-0.3, -0.25) is 9.78 Å². The minimum atomic E-state index is -0.226. The number of aromatic nitrogens is 4. The molecular formula is C27H32N6O2. The third-order valence-corrected chi connectivity index (χ3v) is 6.72. The number of rotatable bonds is 10. The predicted octanol–water partition coefficient (Wildman–Crippen LogP) is 4.36. The number of hydrogen-bond acceptors (Lipinski definition) is 6. The summed E-state index contributed by atoms with van der Waals surface area (Å²) in [5.74, 6) is 1.24. The molecule has 2 heterocycles. The highest BCUT2D eigenvalue weighted by molar-refractivity contribution is 5.76. The van der Waals surface area contributed by atoms with Crippen LogP contribution < -0.4 is 15.6 Å². The van der Waals surface area contributed by atoms with E-state index in [1.54, 1.807) is 10.9 Å². The van der Waals surface area contributed by atoms with E-state index in [2.05, 4.69) is 32.3 Å². The fourth-order valence-electron chi connectivity index (χ4n) is 4.75. The van der Waals surface area contributed by atoms with Gasteiger partial charge in [-0.1, -0.05) is 49.2 Å². The Balaban J connectivity index is 1.23. The van der Waals surface area contributed by atoms with Crippen LogP contribution in [0.5, 0.6) is 5.75 Å². The van der Waals surface area contributed by atoms with Gasteiger partial charge in [0.15, 0.2) is 5.65 Å². The second-order valence-corrected chi connectivity index (χ2v) is 9.13. The first-order valence-electron chi connectivity index (χ1n) is 12.4. The van der Waals surface area contributed by atoms with Crippen molar-refractivity contribution in [3.8, 4) is 11.4 Å². The Morgan fingerprint density at radius 3 is 2.71 bits per heavy atom. The van der Waals surface area contributed by atoms with E-state index in [-0.39, 0.29) is 5.56 Å². The molecule has 2 aromatic heterocycles. The topological polar surface area (TPSA) is 88.1 Å². The van der Waals surface area contributed by atoms with Crippen molar-refractivity contribution in [3.05, 3.63) is 76.7 Å². The van der Waals surface area contributed by atoms with Gasteiger partial charge < -0.3 is 15.0 Å². The molecule has 8 nitrogen and oxygen atoms in total. The number of ether oxygens (including phenoxy) is 1. The van der Waals surface area contributed by atoms with Gasteiger partial charge in [-0.05, 0) is 44.5 Å². The smallest absolute Gasteiger partial charge is 0.263 e. The number of nitrogens with one attached hydrogen (secondary N) is 2. The second kappa shape index (κ2) is 10.7. The number of fused-ring (bicyclic) bond motifs is 1. The van der Waals surface area contributed by atoms with Gasteiger partial charge in [-0.15, -0.1) is 0 Å². The first-order chi connectivity index (χ1) is 17.2. The van der Waals surface area contributed by atoms with Crippen LogP contribution in [0.25, 0.3) is 16.7 Å². The van der Waals surface area contributed by atoms with Crippen molar-refractivity contribution < 1.29 is 4.74 Å². The maximum atomic E-state index is 12.6. The zero-order chi connectivity index (χ0) is 24.0. The summed E-state index contributed by atoms with van der Waals surface area (Å²) < 4.78 is 7.80. The predicted molar refractivity (Wildman–Crippen MR) is 138 cm³/mol. The zero-order valence-electron chi connectivity index (χ0n) is 20.1.